The fourth-order valence-electron chi connectivity index (χ4n) is 2.71. The Kier molecular flexibility index (Phi) is 9.12. The summed E-state index contributed by atoms with van der Waals surface area (Å²) in [5.41, 5.74) is 2.22. The number of nitrogens with zero attached hydrogens (tertiary/aromatic N) is 1. The van der Waals surface area contributed by atoms with Crippen LogP contribution in [0.3, 0.4) is 0 Å². The molecule has 0 radical (unpaired) electrons. The zero-order chi connectivity index (χ0) is 21.9. The Labute approximate surface area is 177 Å². The van der Waals surface area contributed by atoms with Gasteiger partial charge in [-0.3, -0.25) is 9.79 Å². The quantitative estimate of drug-likeness (QED) is 0.334. The molecule has 2 aromatic rings. The number of ether oxygens (including phenoxy) is 1. The highest BCUT2D eigenvalue weighted by atomic mass is 19.1. The number of carbonyl (C=O) groups excluding carboxylic acids is 1. The normalized spacial score (nSPS) is 12.2. The molecule has 7 heteroatoms. The van der Waals surface area contributed by atoms with E-state index in [1.165, 1.54) is 12.1 Å². The van der Waals surface area contributed by atoms with Crippen LogP contribution in [0.2, 0.25) is 0 Å². The number of aryl methyl sites for hydroxylation is 1. The van der Waals surface area contributed by atoms with Gasteiger partial charge in [-0.1, -0.05) is 31.2 Å². The first-order chi connectivity index (χ1) is 14.4. The van der Waals surface area contributed by atoms with Crippen LogP contribution < -0.4 is 20.7 Å². The molecule has 1 amide bonds. The first kappa shape index (κ1) is 23.2. The van der Waals surface area contributed by atoms with E-state index in [0.29, 0.717) is 25.6 Å². The molecular formula is C23H31FN4O2. The molecular weight excluding hydrogens is 383 g/mol. The number of hydrogen-bond donors (Lipinski definition) is 3. The van der Waals surface area contributed by atoms with Gasteiger partial charge in [-0.2, -0.15) is 0 Å². The summed E-state index contributed by atoms with van der Waals surface area (Å²) in [6.45, 7) is 7.51. The molecule has 162 valence electrons. The molecule has 0 saturated heterocycles. The van der Waals surface area contributed by atoms with E-state index in [1.54, 1.807) is 19.2 Å². The van der Waals surface area contributed by atoms with Crippen LogP contribution >= 0.6 is 0 Å². The molecule has 0 heterocycles. The van der Waals surface area contributed by atoms with Gasteiger partial charge in [0.2, 0.25) is 0 Å². The first-order valence-corrected chi connectivity index (χ1v) is 10.2. The van der Waals surface area contributed by atoms with Crippen molar-refractivity contribution in [2.24, 2.45) is 4.99 Å². The maximum Gasteiger partial charge on any atom is 0.254 e. The van der Waals surface area contributed by atoms with E-state index in [2.05, 4.69) is 40.9 Å². The van der Waals surface area contributed by atoms with E-state index >= 15 is 0 Å². The number of hydrogen-bond acceptors (Lipinski definition) is 3. The van der Waals surface area contributed by atoms with E-state index in [1.807, 2.05) is 19.1 Å². The lowest BCUT2D eigenvalue weighted by Gasteiger charge is -2.18. The summed E-state index contributed by atoms with van der Waals surface area (Å²) < 4.78 is 19.7. The van der Waals surface area contributed by atoms with Crippen molar-refractivity contribution in [2.75, 3.05) is 20.1 Å². The number of guanidine groups is 1. The molecule has 0 fully saturated rings. The number of halogens is 1. The average Bonchev–Trinajstić information content (AvgIpc) is 2.74. The molecule has 0 aliphatic heterocycles. The molecule has 0 aromatic heterocycles. The van der Waals surface area contributed by atoms with Crippen LogP contribution in [0.25, 0.3) is 0 Å². The van der Waals surface area contributed by atoms with Crippen molar-refractivity contribution in [3.8, 4) is 5.75 Å². The minimum Gasteiger partial charge on any atom is -0.490 e. The van der Waals surface area contributed by atoms with Gasteiger partial charge >= 0.3 is 0 Å². The molecule has 2 aromatic carbocycles. The Morgan fingerprint density at radius 1 is 1.13 bits per heavy atom. The fourth-order valence-corrected chi connectivity index (χ4v) is 2.71. The number of amides is 1. The van der Waals surface area contributed by atoms with Crippen LogP contribution in [0.15, 0.2) is 47.5 Å². The molecule has 6 nitrogen and oxygen atoms in total. The van der Waals surface area contributed by atoms with Crippen LogP contribution in [0.4, 0.5) is 4.39 Å². The van der Waals surface area contributed by atoms with Gasteiger partial charge in [0.25, 0.3) is 5.91 Å². The predicted octanol–water partition coefficient (Wildman–Crippen LogP) is 3.41. The minimum absolute atomic E-state index is 0.0354. The van der Waals surface area contributed by atoms with Gasteiger partial charge in [-0.25, -0.2) is 4.39 Å². The van der Waals surface area contributed by atoms with Crippen LogP contribution in [-0.2, 0) is 6.54 Å². The molecule has 0 saturated carbocycles. The maximum absolute atomic E-state index is 13.6. The Hall–Kier alpha value is -3.09. The summed E-state index contributed by atoms with van der Waals surface area (Å²) in [6, 6.07) is 12.0. The SMILES string of the molecule is CCC(C)Oc1cc(C)ccc1CNC(=NC)NCCNC(=O)c1ccccc1F. The standard InChI is InChI=1S/C23H31FN4O2/c1-5-17(3)30-21-14-16(2)10-11-18(21)15-28-23(25-4)27-13-12-26-22(29)19-8-6-7-9-20(19)24/h6-11,14,17H,5,12-13,15H2,1-4H3,(H,26,29)(H2,25,27,28). The summed E-state index contributed by atoms with van der Waals surface area (Å²) in [5, 5.41) is 9.08. The third-order valence-corrected chi connectivity index (χ3v) is 4.62. The topological polar surface area (TPSA) is 74.8 Å². The second-order valence-electron chi connectivity index (χ2n) is 7.04. The lowest BCUT2D eigenvalue weighted by atomic mass is 10.1. The highest BCUT2D eigenvalue weighted by Crippen LogP contribution is 2.22. The molecule has 0 aliphatic carbocycles. The van der Waals surface area contributed by atoms with Gasteiger partial charge in [0.15, 0.2) is 5.96 Å². The summed E-state index contributed by atoms with van der Waals surface area (Å²) in [6.07, 6.45) is 1.07. The number of nitrogens with one attached hydrogen (secondary N) is 3. The Balaban J connectivity index is 1.83. The van der Waals surface area contributed by atoms with Gasteiger partial charge in [-0.05, 0) is 44.0 Å². The average molecular weight is 415 g/mol. The van der Waals surface area contributed by atoms with Crippen LogP contribution in [-0.4, -0.2) is 38.1 Å². The van der Waals surface area contributed by atoms with E-state index < -0.39 is 11.7 Å². The van der Waals surface area contributed by atoms with Crippen LogP contribution in [0.5, 0.6) is 5.75 Å². The predicted molar refractivity (Wildman–Crippen MR) is 118 cm³/mol. The molecule has 0 aliphatic rings. The lowest BCUT2D eigenvalue weighted by molar-refractivity contribution is 0.0950. The maximum atomic E-state index is 13.6. The third-order valence-electron chi connectivity index (χ3n) is 4.62. The second kappa shape index (κ2) is 11.8. The molecule has 1 atom stereocenters. The van der Waals surface area contributed by atoms with E-state index in [9.17, 15) is 9.18 Å². The zero-order valence-corrected chi connectivity index (χ0v) is 18.1. The van der Waals surface area contributed by atoms with Crippen molar-refractivity contribution in [1.82, 2.24) is 16.0 Å². The number of aliphatic imine (C=N–C) groups is 1. The summed E-state index contributed by atoms with van der Waals surface area (Å²) >= 11 is 0. The van der Waals surface area contributed by atoms with Crippen molar-refractivity contribution in [1.29, 1.82) is 0 Å². The molecule has 30 heavy (non-hydrogen) atoms. The highest BCUT2D eigenvalue weighted by molar-refractivity contribution is 5.94. The first-order valence-electron chi connectivity index (χ1n) is 10.2. The van der Waals surface area contributed by atoms with Crippen LogP contribution in [0.1, 0.15) is 41.8 Å². The Morgan fingerprint density at radius 3 is 2.57 bits per heavy atom. The Bertz CT molecular complexity index is 870. The van der Waals surface area contributed by atoms with E-state index in [4.69, 9.17) is 4.74 Å². The van der Waals surface area contributed by atoms with Crippen LogP contribution in [0, 0.1) is 12.7 Å². The number of carbonyl (C=O) groups is 1. The minimum atomic E-state index is -0.533. The lowest BCUT2D eigenvalue weighted by Crippen LogP contribution is -2.41. The van der Waals surface area contributed by atoms with Crippen molar-refractivity contribution >= 4 is 11.9 Å². The van der Waals surface area contributed by atoms with Gasteiger partial charge < -0.3 is 20.7 Å². The summed E-state index contributed by atoms with van der Waals surface area (Å²) in [4.78, 5) is 16.2. The zero-order valence-electron chi connectivity index (χ0n) is 18.1. The largest absolute Gasteiger partial charge is 0.490 e. The van der Waals surface area contributed by atoms with Crippen molar-refractivity contribution in [3.63, 3.8) is 0 Å². The van der Waals surface area contributed by atoms with Crippen molar-refractivity contribution in [3.05, 3.63) is 65.0 Å². The molecule has 0 spiro atoms. The Morgan fingerprint density at radius 2 is 1.87 bits per heavy atom. The van der Waals surface area contributed by atoms with Crippen molar-refractivity contribution in [2.45, 2.75) is 39.8 Å². The van der Waals surface area contributed by atoms with E-state index in [-0.39, 0.29) is 11.7 Å². The van der Waals surface area contributed by atoms with Gasteiger partial charge in [0.1, 0.15) is 11.6 Å². The second-order valence-corrected chi connectivity index (χ2v) is 7.04. The smallest absolute Gasteiger partial charge is 0.254 e. The number of benzene rings is 2. The highest BCUT2D eigenvalue weighted by Gasteiger charge is 2.11. The van der Waals surface area contributed by atoms with Gasteiger partial charge in [0, 0.05) is 32.2 Å². The molecule has 1 unspecified atom stereocenters. The number of rotatable bonds is 9. The molecule has 2 rings (SSSR count). The van der Waals surface area contributed by atoms with Gasteiger partial charge in [-0.15, -0.1) is 0 Å². The van der Waals surface area contributed by atoms with E-state index in [0.717, 1.165) is 23.3 Å². The van der Waals surface area contributed by atoms with Gasteiger partial charge in [0.05, 0.1) is 11.7 Å². The molecule has 0 bridgehead atoms. The van der Waals surface area contributed by atoms with Crippen molar-refractivity contribution < 1.29 is 13.9 Å². The molecule has 3 N–H and O–H groups in total. The summed E-state index contributed by atoms with van der Waals surface area (Å²) in [5.74, 6) is 0.493. The monoisotopic (exact) mass is 414 g/mol. The third kappa shape index (κ3) is 7.06. The summed E-state index contributed by atoms with van der Waals surface area (Å²) in [7, 11) is 1.68. The fraction of sp³-hybridized carbons (Fsp3) is 0.391.